The molecule has 4 aromatic rings. The Bertz CT molecular complexity index is 1940. The van der Waals surface area contributed by atoms with Gasteiger partial charge >= 0.3 is 39.3 Å². The van der Waals surface area contributed by atoms with Gasteiger partial charge in [0.2, 0.25) is 0 Å². The maximum absolute atomic E-state index is 13.1. The normalized spacial score (nSPS) is 10.5. The summed E-state index contributed by atoms with van der Waals surface area (Å²) in [7, 11) is -6.33. The third-order valence-electron chi connectivity index (χ3n) is 6.32. The molecule has 4 rings (SSSR count). The van der Waals surface area contributed by atoms with E-state index in [0.29, 0.717) is 0 Å². The zero-order valence-corrected chi connectivity index (χ0v) is 23.9. The van der Waals surface area contributed by atoms with E-state index in [1.54, 1.807) is 0 Å². The van der Waals surface area contributed by atoms with Crippen LogP contribution in [-0.2, 0) is 0 Å². The third kappa shape index (κ3) is 8.44. The molecule has 6 N–H and O–H groups in total. The van der Waals surface area contributed by atoms with Crippen LogP contribution in [0.2, 0.25) is 0 Å². The number of carbonyl (C=O) groups excluding carboxylic acids is 3. The highest BCUT2D eigenvalue weighted by atomic mass is 16.6. The van der Waals surface area contributed by atoms with E-state index < -0.39 is 99.8 Å². The third-order valence-corrected chi connectivity index (χ3v) is 6.32. The molecule has 0 heterocycles. The van der Waals surface area contributed by atoms with Gasteiger partial charge in [-0.15, -0.1) is 0 Å². The average molecular weight is 660 g/mol. The highest BCUT2D eigenvalue weighted by Crippen LogP contribution is 2.33. The molecule has 0 saturated heterocycles. The standard InChI is InChI=1S/C27H19B3N2O16/c33-25(14-2-1-3-17(6-14)28(36)37)47-23-5-4-22(46-26(34)15-7-18(29(38)39)11-20(9-15)31(42)43)13-24(23)48-27(35)16-8-19(30(40)41)12-21(10-16)32(44)45/h1-13,36-41H. The van der Waals surface area contributed by atoms with Crippen LogP contribution < -0.4 is 30.6 Å². The van der Waals surface area contributed by atoms with Gasteiger partial charge in [0.25, 0.3) is 11.4 Å². The lowest BCUT2D eigenvalue weighted by atomic mass is 9.79. The fourth-order valence-corrected chi connectivity index (χ4v) is 4.04. The lowest BCUT2D eigenvalue weighted by Crippen LogP contribution is -2.31. The molecule has 0 aliphatic carbocycles. The summed E-state index contributed by atoms with van der Waals surface area (Å²) < 4.78 is 15.8. The van der Waals surface area contributed by atoms with Crippen molar-refractivity contribution in [1.29, 1.82) is 0 Å². The van der Waals surface area contributed by atoms with E-state index >= 15 is 0 Å². The summed E-state index contributed by atoms with van der Waals surface area (Å²) >= 11 is 0. The van der Waals surface area contributed by atoms with Gasteiger partial charge in [0.1, 0.15) is 5.75 Å². The minimum Gasteiger partial charge on any atom is -0.423 e. The fourth-order valence-electron chi connectivity index (χ4n) is 4.04. The smallest absolute Gasteiger partial charge is 0.423 e. The van der Waals surface area contributed by atoms with Gasteiger partial charge in [-0.05, 0) is 52.8 Å². The number of rotatable bonds is 11. The second-order valence-corrected chi connectivity index (χ2v) is 9.66. The molecule has 0 radical (unpaired) electrons. The van der Waals surface area contributed by atoms with Gasteiger partial charge < -0.3 is 44.4 Å². The molecular weight excluding hydrogens is 641 g/mol. The van der Waals surface area contributed by atoms with Crippen LogP contribution in [0.1, 0.15) is 31.1 Å². The fraction of sp³-hybridized carbons (Fsp3) is 0. The molecule has 0 atom stereocenters. The van der Waals surface area contributed by atoms with Crippen molar-refractivity contribution < 1.29 is 68.6 Å². The Morgan fingerprint density at radius 3 is 1.48 bits per heavy atom. The molecule has 0 aliphatic rings. The van der Waals surface area contributed by atoms with Crippen LogP contribution >= 0.6 is 0 Å². The molecule has 18 nitrogen and oxygen atoms in total. The molecule has 0 spiro atoms. The maximum atomic E-state index is 13.1. The first-order valence-corrected chi connectivity index (χ1v) is 13.2. The molecule has 21 heteroatoms. The van der Waals surface area contributed by atoms with E-state index in [-0.39, 0.29) is 11.0 Å². The van der Waals surface area contributed by atoms with Crippen molar-refractivity contribution in [2.75, 3.05) is 0 Å². The van der Waals surface area contributed by atoms with Gasteiger partial charge in [-0.2, -0.15) is 0 Å². The molecule has 0 unspecified atom stereocenters. The number of ether oxygens (including phenoxy) is 3. The van der Waals surface area contributed by atoms with Crippen molar-refractivity contribution in [3.63, 3.8) is 0 Å². The van der Waals surface area contributed by atoms with Gasteiger partial charge in [0, 0.05) is 30.3 Å². The molecule has 4 aromatic carbocycles. The van der Waals surface area contributed by atoms with E-state index in [1.807, 2.05) is 0 Å². The Morgan fingerprint density at radius 2 is 0.979 bits per heavy atom. The summed E-state index contributed by atoms with van der Waals surface area (Å²) in [5, 5.41) is 79.4. The second kappa shape index (κ2) is 14.6. The van der Waals surface area contributed by atoms with Crippen LogP contribution in [0.5, 0.6) is 17.2 Å². The lowest BCUT2D eigenvalue weighted by Gasteiger charge is -2.13. The van der Waals surface area contributed by atoms with Gasteiger partial charge in [0.05, 0.1) is 26.5 Å². The quantitative estimate of drug-likeness (QED) is 0.0340. The summed E-state index contributed by atoms with van der Waals surface area (Å²) in [5.74, 6) is -5.20. The van der Waals surface area contributed by atoms with E-state index in [2.05, 4.69) is 0 Å². The Labute approximate surface area is 268 Å². The Morgan fingerprint density at radius 1 is 0.521 bits per heavy atom. The highest BCUT2D eigenvalue weighted by molar-refractivity contribution is 6.59. The van der Waals surface area contributed by atoms with Crippen LogP contribution in [0, 0.1) is 20.2 Å². The van der Waals surface area contributed by atoms with Crippen molar-refractivity contribution in [1.82, 2.24) is 0 Å². The van der Waals surface area contributed by atoms with Crippen LogP contribution in [0.3, 0.4) is 0 Å². The van der Waals surface area contributed by atoms with Gasteiger partial charge in [-0.1, -0.05) is 12.1 Å². The first kappa shape index (κ1) is 34.9. The number of hydrogen-bond donors (Lipinski definition) is 6. The number of benzene rings is 4. The maximum Gasteiger partial charge on any atom is 0.488 e. The molecule has 0 fully saturated rings. The minimum atomic E-state index is -2.22. The van der Waals surface area contributed by atoms with Crippen molar-refractivity contribution in [3.05, 3.63) is 116 Å². The van der Waals surface area contributed by atoms with Crippen molar-refractivity contribution in [2.24, 2.45) is 0 Å². The van der Waals surface area contributed by atoms with Gasteiger partial charge in [-0.25, -0.2) is 14.4 Å². The number of nitrogens with zero attached hydrogens (tertiary/aromatic N) is 2. The highest BCUT2D eigenvalue weighted by Gasteiger charge is 2.25. The Balaban J connectivity index is 1.72. The lowest BCUT2D eigenvalue weighted by molar-refractivity contribution is -0.385. The van der Waals surface area contributed by atoms with Crippen LogP contribution in [0.25, 0.3) is 0 Å². The molecule has 0 saturated carbocycles. The van der Waals surface area contributed by atoms with Crippen molar-refractivity contribution in [2.45, 2.75) is 0 Å². The zero-order valence-electron chi connectivity index (χ0n) is 23.9. The Hall–Kier alpha value is -5.96. The summed E-state index contributed by atoms with van der Waals surface area (Å²) in [6, 6.07) is 12.8. The first-order valence-electron chi connectivity index (χ1n) is 13.2. The number of esters is 3. The minimum absolute atomic E-state index is 0.0658. The van der Waals surface area contributed by atoms with Gasteiger partial charge in [0.15, 0.2) is 11.5 Å². The zero-order chi connectivity index (χ0) is 35.3. The predicted octanol–water partition coefficient (Wildman–Crippen LogP) is -1.80. The number of carbonyl (C=O) groups is 3. The summed E-state index contributed by atoms with van der Waals surface area (Å²) in [5.41, 5.74) is -3.52. The van der Waals surface area contributed by atoms with E-state index in [1.165, 1.54) is 18.2 Å². The average Bonchev–Trinajstić information content (AvgIpc) is 3.05. The molecular formula is C27H19B3N2O16. The topological polar surface area (TPSA) is 287 Å². The Kier molecular flexibility index (Phi) is 10.6. The van der Waals surface area contributed by atoms with Crippen molar-refractivity contribution in [3.8, 4) is 17.2 Å². The summed E-state index contributed by atoms with van der Waals surface area (Å²) in [6.45, 7) is 0. The molecule has 0 amide bonds. The summed E-state index contributed by atoms with van der Waals surface area (Å²) in [4.78, 5) is 59.8. The van der Waals surface area contributed by atoms with E-state index in [4.69, 9.17) is 14.2 Å². The molecule has 0 bridgehead atoms. The SMILES string of the molecule is O=C(Oc1ccc(OC(=O)c2cccc(B(O)O)c2)c(OC(=O)c2cc(B(O)O)cc([N+](=O)[O-])c2)c1)c1cc(B(O)O)cc([N+](=O)[O-])c1. The summed E-state index contributed by atoms with van der Waals surface area (Å²) in [6.07, 6.45) is 0. The predicted molar refractivity (Wildman–Crippen MR) is 163 cm³/mol. The van der Waals surface area contributed by atoms with Crippen molar-refractivity contribution >= 4 is 67.0 Å². The number of hydrogen-bond acceptors (Lipinski definition) is 16. The number of nitro benzene ring substituents is 2. The first-order chi connectivity index (χ1) is 22.6. The number of non-ortho nitro benzene ring substituents is 2. The molecule has 0 aromatic heterocycles. The van der Waals surface area contributed by atoms with Crippen LogP contribution in [0.15, 0.2) is 78.9 Å². The van der Waals surface area contributed by atoms with Gasteiger partial charge in [-0.3, -0.25) is 20.2 Å². The van der Waals surface area contributed by atoms with Crippen LogP contribution in [-0.4, -0.2) is 79.3 Å². The molecule has 48 heavy (non-hydrogen) atoms. The van der Waals surface area contributed by atoms with E-state index in [9.17, 15) is 64.8 Å². The largest absolute Gasteiger partial charge is 0.488 e. The monoisotopic (exact) mass is 660 g/mol. The number of nitro groups is 2. The van der Waals surface area contributed by atoms with E-state index in [0.717, 1.165) is 60.7 Å². The molecule has 242 valence electrons. The second-order valence-electron chi connectivity index (χ2n) is 9.66. The van der Waals surface area contributed by atoms with Crippen LogP contribution in [0.4, 0.5) is 11.4 Å². The molecule has 0 aliphatic heterocycles.